The van der Waals surface area contributed by atoms with E-state index >= 15 is 0 Å². The van der Waals surface area contributed by atoms with Crippen LogP contribution in [0.25, 0.3) is 11.5 Å². The molecule has 0 bridgehead atoms. The minimum atomic E-state index is -4.31. The molecule has 7 nitrogen and oxygen atoms in total. The van der Waals surface area contributed by atoms with Crippen molar-refractivity contribution in [2.24, 2.45) is 13.0 Å². The maximum atomic E-state index is 13.1. The fourth-order valence-electron chi connectivity index (χ4n) is 4.94. The number of nitrogens with zero attached hydrogens (tertiary/aromatic N) is 7. The number of thioether (sulfide) groups is 1. The number of hydrogen-bond acceptors (Lipinski definition) is 7. The second-order valence-electron chi connectivity index (χ2n) is 8.78. The van der Waals surface area contributed by atoms with Crippen LogP contribution in [-0.4, -0.2) is 67.6 Å². The molecule has 0 aliphatic carbocycles. The molecule has 0 spiro atoms. The fraction of sp³-hybridized carbons (Fsp3) is 0.478. The van der Waals surface area contributed by atoms with Gasteiger partial charge in [-0.2, -0.15) is 13.2 Å². The summed E-state index contributed by atoms with van der Waals surface area (Å²) in [5, 5.41) is 9.37. The standard InChI is InChI=1S/C23H26F3N7S/c1-31-21(19-13-27-7-8-28-19)29-30-22(31)34-11-3-9-32-14-16-6-10-33(20(16)15-32)18-5-2-4-17(12-18)23(24,25)26/h2,4-5,7-8,12-13,16,20H,3,6,9-11,14-15H2,1H3. The summed E-state index contributed by atoms with van der Waals surface area (Å²) >= 11 is 1.67. The highest BCUT2D eigenvalue weighted by atomic mass is 32.2. The highest BCUT2D eigenvalue weighted by Crippen LogP contribution is 2.38. The molecule has 2 atom stereocenters. The molecule has 4 heterocycles. The molecular formula is C23H26F3N7S. The van der Waals surface area contributed by atoms with Crippen LogP contribution in [0, 0.1) is 5.92 Å². The molecule has 3 aromatic rings. The molecule has 2 saturated heterocycles. The van der Waals surface area contributed by atoms with Gasteiger partial charge in [0.1, 0.15) is 5.69 Å². The van der Waals surface area contributed by atoms with Crippen LogP contribution in [0.1, 0.15) is 18.4 Å². The Bertz CT molecular complexity index is 1120. The minimum absolute atomic E-state index is 0.282. The predicted molar refractivity (Wildman–Crippen MR) is 124 cm³/mol. The first kappa shape index (κ1) is 23.1. The summed E-state index contributed by atoms with van der Waals surface area (Å²) in [6.45, 7) is 3.68. The predicted octanol–water partition coefficient (Wildman–Crippen LogP) is 3.98. The van der Waals surface area contributed by atoms with Gasteiger partial charge in [-0.05, 0) is 43.5 Å². The molecule has 2 aliphatic rings. The van der Waals surface area contributed by atoms with Crippen molar-refractivity contribution >= 4 is 17.4 Å². The van der Waals surface area contributed by atoms with E-state index in [4.69, 9.17) is 0 Å². The Hall–Kier alpha value is -2.66. The molecule has 0 amide bonds. The summed E-state index contributed by atoms with van der Waals surface area (Å²) in [5.74, 6) is 2.11. The van der Waals surface area contributed by atoms with Gasteiger partial charge in [-0.1, -0.05) is 17.8 Å². The summed E-state index contributed by atoms with van der Waals surface area (Å²) < 4.78 is 41.4. The molecule has 2 aliphatic heterocycles. The molecule has 1 aromatic carbocycles. The molecule has 5 rings (SSSR count). The van der Waals surface area contributed by atoms with E-state index in [1.54, 1.807) is 36.4 Å². The molecule has 0 N–H and O–H groups in total. The fourth-order valence-corrected chi connectivity index (χ4v) is 5.78. The Kier molecular flexibility index (Phi) is 6.48. The minimum Gasteiger partial charge on any atom is -0.367 e. The van der Waals surface area contributed by atoms with Gasteiger partial charge in [0, 0.05) is 56.6 Å². The third kappa shape index (κ3) is 4.76. The van der Waals surface area contributed by atoms with Gasteiger partial charge in [0.05, 0.1) is 11.8 Å². The van der Waals surface area contributed by atoms with Gasteiger partial charge >= 0.3 is 6.18 Å². The SMILES string of the molecule is Cn1c(SCCCN2CC3CCN(c4cccc(C(F)(F)F)c4)C3C2)nnc1-c1cnccn1. The van der Waals surface area contributed by atoms with E-state index in [0.29, 0.717) is 23.1 Å². The molecule has 34 heavy (non-hydrogen) atoms. The van der Waals surface area contributed by atoms with Crippen LogP contribution >= 0.6 is 11.8 Å². The van der Waals surface area contributed by atoms with Gasteiger partial charge in [0.25, 0.3) is 0 Å². The first-order valence-corrected chi connectivity index (χ1v) is 12.3. The van der Waals surface area contributed by atoms with E-state index in [1.807, 2.05) is 11.6 Å². The average Bonchev–Trinajstić information content (AvgIpc) is 3.51. The molecule has 0 saturated carbocycles. The summed E-state index contributed by atoms with van der Waals surface area (Å²) in [7, 11) is 1.93. The molecule has 180 valence electrons. The second-order valence-corrected chi connectivity index (χ2v) is 9.84. The Morgan fingerprint density at radius 3 is 2.82 bits per heavy atom. The number of likely N-dealkylation sites (tertiary alicyclic amines) is 1. The molecule has 2 fully saturated rings. The second kappa shape index (κ2) is 9.53. The van der Waals surface area contributed by atoms with E-state index in [2.05, 4.69) is 30.0 Å². The summed E-state index contributed by atoms with van der Waals surface area (Å²) in [6, 6.07) is 6.02. The van der Waals surface area contributed by atoms with Gasteiger partial charge in [-0.15, -0.1) is 10.2 Å². The van der Waals surface area contributed by atoms with E-state index < -0.39 is 11.7 Å². The van der Waals surface area contributed by atoms with Crippen LogP contribution in [-0.2, 0) is 13.2 Å². The molecule has 2 aromatic heterocycles. The van der Waals surface area contributed by atoms with Gasteiger partial charge < -0.3 is 14.4 Å². The molecule has 11 heteroatoms. The van der Waals surface area contributed by atoms with Crippen molar-refractivity contribution in [1.29, 1.82) is 0 Å². The average molecular weight is 490 g/mol. The zero-order valence-corrected chi connectivity index (χ0v) is 19.6. The largest absolute Gasteiger partial charge is 0.416 e. The van der Waals surface area contributed by atoms with Crippen molar-refractivity contribution in [2.45, 2.75) is 30.2 Å². The van der Waals surface area contributed by atoms with E-state index in [-0.39, 0.29) is 6.04 Å². The lowest BCUT2D eigenvalue weighted by molar-refractivity contribution is -0.137. The highest BCUT2D eigenvalue weighted by Gasteiger charge is 2.41. The van der Waals surface area contributed by atoms with Crippen molar-refractivity contribution in [2.75, 3.05) is 36.8 Å². The quantitative estimate of drug-likeness (QED) is 0.367. The lowest BCUT2D eigenvalue weighted by atomic mass is 10.0. The maximum absolute atomic E-state index is 13.1. The number of benzene rings is 1. The van der Waals surface area contributed by atoms with Gasteiger partial charge in [0.15, 0.2) is 11.0 Å². The third-order valence-electron chi connectivity index (χ3n) is 6.61. The van der Waals surface area contributed by atoms with E-state index in [1.165, 1.54) is 12.1 Å². The number of aromatic nitrogens is 5. The monoisotopic (exact) mass is 489 g/mol. The normalized spacial score (nSPS) is 20.8. The number of anilines is 1. The number of fused-ring (bicyclic) bond motifs is 1. The smallest absolute Gasteiger partial charge is 0.367 e. The Labute approximate surface area is 200 Å². The molecule has 2 unspecified atom stereocenters. The Morgan fingerprint density at radius 1 is 1.15 bits per heavy atom. The van der Waals surface area contributed by atoms with Crippen molar-refractivity contribution in [3.05, 3.63) is 48.4 Å². The van der Waals surface area contributed by atoms with E-state index in [0.717, 1.165) is 56.0 Å². The molecule has 0 radical (unpaired) electrons. The topological polar surface area (TPSA) is 63.0 Å². The zero-order valence-electron chi connectivity index (χ0n) is 18.8. The molecular weight excluding hydrogens is 463 g/mol. The van der Waals surface area contributed by atoms with Crippen molar-refractivity contribution in [3.63, 3.8) is 0 Å². The first-order chi connectivity index (χ1) is 16.4. The van der Waals surface area contributed by atoms with Gasteiger partial charge in [0.2, 0.25) is 0 Å². The Balaban J connectivity index is 1.13. The van der Waals surface area contributed by atoms with Crippen molar-refractivity contribution < 1.29 is 13.2 Å². The first-order valence-electron chi connectivity index (χ1n) is 11.3. The van der Waals surface area contributed by atoms with Crippen LogP contribution < -0.4 is 4.90 Å². The maximum Gasteiger partial charge on any atom is 0.416 e. The summed E-state index contributed by atoms with van der Waals surface area (Å²) in [6.07, 6.45) is 2.65. The van der Waals surface area contributed by atoms with Crippen molar-refractivity contribution in [1.82, 2.24) is 29.6 Å². The number of halogens is 3. The van der Waals surface area contributed by atoms with Crippen molar-refractivity contribution in [3.8, 4) is 11.5 Å². The Morgan fingerprint density at radius 2 is 2.03 bits per heavy atom. The number of rotatable bonds is 7. The van der Waals surface area contributed by atoms with Gasteiger partial charge in [-0.25, -0.2) is 4.98 Å². The lowest BCUT2D eigenvalue weighted by Crippen LogP contribution is -2.35. The lowest BCUT2D eigenvalue weighted by Gasteiger charge is -2.27. The highest BCUT2D eigenvalue weighted by molar-refractivity contribution is 7.99. The van der Waals surface area contributed by atoms with Crippen LogP contribution in [0.2, 0.25) is 0 Å². The van der Waals surface area contributed by atoms with Crippen LogP contribution in [0.3, 0.4) is 0 Å². The van der Waals surface area contributed by atoms with Gasteiger partial charge in [-0.3, -0.25) is 4.98 Å². The third-order valence-corrected chi connectivity index (χ3v) is 7.71. The van der Waals surface area contributed by atoms with Crippen LogP contribution in [0.15, 0.2) is 48.0 Å². The number of alkyl halides is 3. The zero-order chi connectivity index (χ0) is 23.7. The summed E-state index contributed by atoms with van der Waals surface area (Å²) in [5.41, 5.74) is 0.797. The van der Waals surface area contributed by atoms with E-state index in [9.17, 15) is 13.2 Å². The number of hydrogen-bond donors (Lipinski definition) is 0. The summed E-state index contributed by atoms with van der Waals surface area (Å²) in [4.78, 5) is 13.0. The van der Waals surface area contributed by atoms with Crippen LogP contribution in [0.5, 0.6) is 0 Å². The van der Waals surface area contributed by atoms with Crippen LogP contribution in [0.4, 0.5) is 18.9 Å².